The fourth-order valence-corrected chi connectivity index (χ4v) is 2.05. The van der Waals surface area contributed by atoms with Crippen LogP contribution in [0, 0.1) is 6.92 Å². The fourth-order valence-electron chi connectivity index (χ4n) is 2.05. The van der Waals surface area contributed by atoms with Crippen molar-refractivity contribution in [1.82, 2.24) is 14.9 Å². The molecule has 118 valence electrons. The van der Waals surface area contributed by atoms with Gasteiger partial charge in [-0.25, -0.2) is 4.98 Å². The van der Waals surface area contributed by atoms with Gasteiger partial charge in [-0.3, -0.25) is 0 Å². The van der Waals surface area contributed by atoms with Crippen molar-refractivity contribution >= 4 is 17.5 Å². The highest BCUT2D eigenvalue weighted by Crippen LogP contribution is 2.14. The van der Waals surface area contributed by atoms with E-state index in [1.165, 1.54) is 12.0 Å². The summed E-state index contributed by atoms with van der Waals surface area (Å²) in [5.74, 6) is 1.47. The quantitative estimate of drug-likeness (QED) is 0.733. The molecular formula is C17H25N5. The molecule has 22 heavy (non-hydrogen) atoms. The van der Waals surface area contributed by atoms with Crippen LogP contribution in [0.15, 0.2) is 36.5 Å². The smallest absolute Gasteiger partial charge is 0.229 e. The fraction of sp³-hybridized carbons (Fsp3) is 0.412. The molecule has 0 saturated heterocycles. The molecule has 1 aromatic heterocycles. The lowest BCUT2D eigenvalue weighted by molar-refractivity contribution is 0.396. The highest BCUT2D eigenvalue weighted by molar-refractivity contribution is 5.54. The molecule has 2 rings (SSSR count). The lowest BCUT2D eigenvalue weighted by Gasteiger charge is -2.10. The van der Waals surface area contributed by atoms with Crippen molar-refractivity contribution in [3.8, 4) is 0 Å². The Bertz CT molecular complexity index is 566. The van der Waals surface area contributed by atoms with Gasteiger partial charge in [0.25, 0.3) is 0 Å². The number of benzene rings is 1. The average Bonchev–Trinajstić information content (AvgIpc) is 2.49. The summed E-state index contributed by atoms with van der Waals surface area (Å²) >= 11 is 0. The Labute approximate surface area is 132 Å². The number of aromatic nitrogens is 2. The molecule has 0 atom stereocenters. The molecule has 1 aromatic carbocycles. The normalized spacial score (nSPS) is 10.7. The Balaban J connectivity index is 1.83. The van der Waals surface area contributed by atoms with Crippen LogP contribution in [-0.2, 0) is 0 Å². The predicted octanol–water partition coefficient (Wildman–Crippen LogP) is 3.28. The molecule has 2 N–H and O–H groups in total. The van der Waals surface area contributed by atoms with Gasteiger partial charge in [-0.15, -0.1) is 0 Å². The third kappa shape index (κ3) is 5.69. The van der Waals surface area contributed by atoms with Gasteiger partial charge in [-0.05, 0) is 58.6 Å². The van der Waals surface area contributed by atoms with Crippen LogP contribution in [0.1, 0.15) is 18.4 Å². The first-order chi connectivity index (χ1) is 10.6. The SMILES string of the molecule is Cc1ccc(Nc2nccc(NCCCCN(C)C)n2)cc1. The number of nitrogens with one attached hydrogen (secondary N) is 2. The first-order valence-corrected chi connectivity index (χ1v) is 7.69. The molecule has 0 saturated carbocycles. The number of rotatable bonds is 8. The number of nitrogens with zero attached hydrogens (tertiary/aromatic N) is 3. The minimum absolute atomic E-state index is 0.613. The van der Waals surface area contributed by atoms with Crippen molar-refractivity contribution in [2.75, 3.05) is 37.8 Å². The third-order valence-corrected chi connectivity index (χ3v) is 3.30. The van der Waals surface area contributed by atoms with Crippen LogP contribution in [0.5, 0.6) is 0 Å². The van der Waals surface area contributed by atoms with Gasteiger partial charge < -0.3 is 15.5 Å². The second-order valence-electron chi connectivity index (χ2n) is 5.69. The van der Waals surface area contributed by atoms with Crippen molar-refractivity contribution in [3.05, 3.63) is 42.1 Å². The van der Waals surface area contributed by atoms with Gasteiger partial charge in [0.2, 0.25) is 5.95 Å². The number of aryl methyl sites for hydroxylation is 1. The number of unbranched alkanes of at least 4 members (excludes halogenated alkanes) is 1. The lowest BCUT2D eigenvalue weighted by atomic mass is 10.2. The Morgan fingerprint density at radius 2 is 1.82 bits per heavy atom. The molecule has 0 amide bonds. The Hall–Kier alpha value is -2.14. The van der Waals surface area contributed by atoms with Crippen LogP contribution in [0.4, 0.5) is 17.5 Å². The van der Waals surface area contributed by atoms with Crippen LogP contribution in [-0.4, -0.2) is 42.1 Å². The molecule has 0 fully saturated rings. The molecule has 0 spiro atoms. The van der Waals surface area contributed by atoms with Crippen molar-refractivity contribution in [1.29, 1.82) is 0 Å². The maximum atomic E-state index is 4.48. The Morgan fingerprint density at radius 1 is 1.05 bits per heavy atom. The van der Waals surface area contributed by atoms with E-state index in [-0.39, 0.29) is 0 Å². The molecule has 0 unspecified atom stereocenters. The van der Waals surface area contributed by atoms with Crippen LogP contribution in [0.2, 0.25) is 0 Å². The minimum Gasteiger partial charge on any atom is -0.370 e. The first kappa shape index (κ1) is 16.2. The highest BCUT2D eigenvalue weighted by Gasteiger charge is 2.00. The minimum atomic E-state index is 0.613. The molecule has 5 nitrogen and oxygen atoms in total. The molecule has 0 aliphatic heterocycles. The lowest BCUT2D eigenvalue weighted by Crippen LogP contribution is -2.14. The van der Waals surface area contributed by atoms with Crippen LogP contribution in [0.25, 0.3) is 0 Å². The van der Waals surface area contributed by atoms with E-state index >= 15 is 0 Å². The van der Waals surface area contributed by atoms with E-state index in [2.05, 4.69) is 58.7 Å². The van der Waals surface area contributed by atoms with Gasteiger partial charge in [-0.2, -0.15) is 4.98 Å². The number of hydrogen-bond acceptors (Lipinski definition) is 5. The van der Waals surface area contributed by atoms with Crippen molar-refractivity contribution in [2.24, 2.45) is 0 Å². The van der Waals surface area contributed by atoms with Crippen LogP contribution in [0.3, 0.4) is 0 Å². The standard InChI is InChI=1S/C17H25N5/c1-14-6-8-15(9-7-14)20-17-19-12-10-16(21-17)18-11-4-5-13-22(2)3/h6-10,12H,4-5,11,13H2,1-3H3,(H2,18,19,20,21). The van der Waals surface area contributed by atoms with Gasteiger partial charge in [0, 0.05) is 18.4 Å². The van der Waals surface area contributed by atoms with Gasteiger partial charge in [0.15, 0.2) is 0 Å². The molecule has 0 bridgehead atoms. The molecule has 0 aliphatic rings. The van der Waals surface area contributed by atoms with E-state index in [0.717, 1.165) is 31.0 Å². The molecule has 1 heterocycles. The van der Waals surface area contributed by atoms with Gasteiger partial charge in [0.1, 0.15) is 5.82 Å². The third-order valence-electron chi connectivity index (χ3n) is 3.30. The molecule has 0 radical (unpaired) electrons. The van der Waals surface area contributed by atoms with Gasteiger partial charge in [0.05, 0.1) is 0 Å². The molecule has 5 heteroatoms. The van der Waals surface area contributed by atoms with E-state index in [0.29, 0.717) is 5.95 Å². The summed E-state index contributed by atoms with van der Waals surface area (Å²) in [6.07, 6.45) is 4.08. The molecule has 0 aliphatic carbocycles. The number of hydrogen-bond donors (Lipinski definition) is 2. The second kappa shape index (κ2) is 8.34. The predicted molar refractivity (Wildman–Crippen MR) is 92.8 cm³/mol. The van der Waals surface area contributed by atoms with E-state index < -0.39 is 0 Å². The largest absolute Gasteiger partial charge is 0.370 e. The Morgan fingerprint density at radius 3 is 2.55 bits per heavy atom. The average molecular weight is 299 g/mol. The summed E-state index contributed by atoms with van der Waals surface area (Å²) in [5, 5.41) is 6.56. The van der Waals surface area contributed by atoms with Crippen LogP contribution >= 0.6 is 0 Å². The van der Waals surface area contributed by atoms with E-state index in [4.69, 9.17) is 0 Å². The highest BCUT2D eigenvalue weighted by atomic mass is 15.1. The van der Waals surface area contributed by atoms with Crippen LogP contribution < -0.4 is 10.6 Å². The topological polar surface area (TPSA) is 53.1 Å². The van der Waals surface area contributed by atoms with Crippen molar-refractivity contribution in [3.63, 3.8) is 0 Å². The second-order valence-corrected chi connectivity index (χ2v) is 5.69. The summed E-state index contributed by atoms with van der Waals surface area (Å²) in [7, 11) is 4.20. The zero-order chi connectivity index (χ0) is 15.8. The summed E-state index contributed by atoms with van der Waals surface area (Å²) in [4.78, 5) is 10.9. The van der Waals surface area contributed by atoms with E-state index in [9.17, 15) is 0 Å². The summed E-state index contributed by atoms with van der Waals surface area (Å²) < 4.78 is 0. The van der Waals surface area contributed by atoms with Gasteiger partial charge in [-0.1, -0.05) is 17.7 Å². The first-order valence-electron chi connectivity index (χ1n) is 7.69. The summed E-state index contributed by atoms with van der Waals surface area (Å²) in [6, 6.07) is 10.1. The van der Waals surface area contributed by atoms with E-state index in [1.54, 1.807) is 6.20 Å². The van der Waals surface area contributed by atoms with E-state index in [1.807, 2.05) is 18.2 Å². The number of anilines is 3. The molecule has 2 aromatic rings. The monoisotopic (exact) mass is 299 g/mol. The van der Waals surface area contributed by atoms with Gasteiger partial charge >= 0.3 is 0 Å². The maximum Gasteiger partial charge on any atom is 0.229 e. The summed E-state index contributed by atoms with van der Waals surface area (Å²) in [6.45, 7) is 4.11. The van der Waals surface area contributed by atoms with Crippen molar-refractivity contribution in [2.45, 2.75) is 19.8 Å². The zero-order valence-corrected chi connectivity index (χ0v) is 13.6. The van der Waals surface area contributed by atoms with Crippen molar-refractivity contribution < 1.29 is 0 Å². The maximum absolute atomic E-state index is 4.48. The molecular weight excluding hydrogens is 274 g/mol. The Kier molecular flexibility index (Phi) is 6.15. The summed E-state index contributed by atoms with van der Waals surface area (Å²) in [5.41, 5.74) is 2.23. The zero-order valence-electron chi connectivity index (χ0n) is 13.6.